The first-order valence-corrected chi connectivity index (χ1v) is 14.8. The Bertz CT molecular complexity index is 1690. The first-order valence-electron chi connectivity index (χ1n) is 12.5. The topological polar surface area (TPSA) is 145 Å². The summed E-state index contributed by atoms with van der Waals surface area (Å²) in [6, 6.07) is 11.8. The number of primary sulfonamides is 1. The van der Waals surface area contributed by atoms with E-state index in [0.29, 0.717) is 42.0 Å². The summed E-state index contributed by atoms with van der Waals surface area (Å²) in [4.78, 5) is 37.2. The Labute approximate surface area is 230 Å². The SMILES string of the molecule is CC(C)(C)OC(=O)C1CCN(C(=O)c2cc3c(ccc4cnc(Nc5cccc(S(N)(=O)=O)c5)nc43)s2)CC1. The standard InChI is InChI=1S/C27H29N5O5S2/c1-27(2,3)37-25(34)16-9-11-32(12-10-16)24(33)22-14-20-21(38-22)8-7-17-15-29-26(31-23(17)20)30-18-5-4-6-19(13-18)39(28,35)36/h4-8,13-16H,9-12H2,1-3H3,(H2,28,35,36)(H,29,30,31). The van der Waals surface area contributed by atoms with Crippen LogP contribution in [-0.4, -0.2) is 53.9 Å². The second-order valence-electron chi connectivity index (χ2n) is 10.5. The highest BCUT2D eigenvalue weighted by atomic mass is 32.2. The van der Waals surface area contributed by atoms with Crippen molar-refractivity contribution in [2.45, 2.75) is 44.1 Å². The molecular formula is C27H29N5O5S2. The Hall–Kier alpha value is -3.61. The highest BCUT2D eigenvalue weighted by Gasteiger charge is 2.31. The predicted octanol–water partition coefficient (Wildman–Crippen LogP) is 4.43. The first kappa shape index (κ1) is 27.0. The first-order chi connectivity index (χ1) is 18.4. The van der Waals surface area contributed by atoms with Gasteiger partial charge in [-0.3, -0.25) is 9.59 Å². The minimum absolute atomic E-state index is 0.0215. The molecule has 5 rings (SSSR count). The average Bonchev–Trinajstić information content (AvgIpc) is 3.32. The number of fused-ring (bicyclic) bond motifs is 3. The van der Waals surface area contributed by atoms with Crippen molar-refractivity contribution in [1.82, 2.24) is 14.9 Å². The third kappa shape index (κ3) is 6.02. The summed E-state index contributed by atoms with van der Waals surface area (Å²) in [5.74, 6) is -0.194. The molecule has 1 aliphatic rings. The van der Waals surface area contributed by atoms with E-state index in [4.69, 9.17) is 9.88 Å². The zero-order valence-corrected chi connectivity index (χ0v) is 23.4. The van der Waals surface area contributed by atoms with Crippen LogP contribution in [0.2, 0.25) is 0 Å². The van der Waals surface area contributed by atoms with E-state index in [1.165, 1.54) is 23.5 Å². The van der Waals surface area contributed by atoms with Crippen molar-refractivity contribution in [3.05, 3.63) is 53.5 Å². The molecule has 2 aromatic heterocycles. The number of piperidine rings is 1. The molecule has 2 aromatic carbocycles. The molecule has 204 valence electrons. The van der Waals surface area contributed by atoms with Gasteiger partial charge in [0.1, 0.15) is 5.60 Å². The molecule has 3 heterocycles. The second kappa shape index (κ2) is 10.2. The molecule has 0 spiro atoms. The van der Waals surface area contributed by atoms with Gasteiger partial charge in [-0.25, -0.2) is 23.5 Å². The molecule has 0 bridgehead atoms. The molecule has 1 amide bonds. The number of rotatable bonds is 5. The van der Waals surface area contributed by atoms with Gasteiger partial charge in [0.15, 0.2) is 0 Å². The number of thiophene rings is 1. The summed E-state index contributed by atoms with van der Waals surface area (Å²) >= 11 is 1.40. The molecule has 1 fully saturated rings. The molecule has 0 unspecified atom stereocenters. The van der Waals surface area contributed by atoms with Crippen molar-refractivity contribution < 1.29 is 22.7 Å². The lowest BCUT2D eigenvalue weighted by molar-refractivity contribution is -0.161. The number of aromatic nitrogens is 2. The van der Waals surface area contributed by atoms with Crippen LogP contribution in [0.3, 0.4) is 0 Å². The van der Waals surface area contributed by atoms with Gasteiger partial charge in [0, 0.05) is 40.4 Å². The molecule has 3 N–H and O–H groups in total. The number of benzene rings is 2. The third-order valence-corrected chi connectivity index (χ3v) is 8.40. The zero-order chi connectivity index (χ0) is 27.9. The Balaban J connectivity index is 1.36. The van der Waals surface area contributed by atoms with Gasteiger partial charge in [0.05, 0.1) is 21.2 Å². The quantitative estimate of drug-likeness (QED) is 0.337. The van der Waals surface area contributed by atoms with Crippen molar-refractivity contribution >= 4 is 65.9 Å². The van der Waals surface area contributed by atoms with Gasteiger partial charge < -0.3 is 15.0 Å². The average molecular weight is 568 g/mol. The van der Waals surface area contributed by atoms with E-state index < -0.39 is 15.6 Å². The third-order valence-electron chi connectivity index (χ3n) is 6.40. The summed E-state index contributed by atoms with van der Waals surface area (Å²) in [5.41, 5.74) is 0.619. The van der Waals surface area contributed by atoms with Crippen molar-refractivity contribution in [3.63, 3.8) is 0 Å². The minimum Gasteiger partial charge on any atom is -0.460 e. The van der Waals surface area contributed by atoms with E-state index in [0.717, 1.165) is 15.5 Å². The van der Waals surface area contributed by atoms with Crippen LogP contribution in [0.15, 0.2) is 53.6 Å². The monoisotopic (exact) mass is 567 g/mol. The van der Waals surface area contributed by atoms with Gasteiger partial charge in [0.2, 0.25) is 16.0 Å². The number of nitrogens with zero attached hydrogens (tertiary/aromatic N) is 3. The van der Waals surface area contributed by atoms with E-state index >= 15 is 0 Å². The van der Waals surface area contributed by atoms with E-state index in [1.54, 1.807) is 23.2 Å². The van der Waals surface area contributed by atoms with Gasteiger partial charge in [-0.05, 0) is 70.0 Å². The summed E-state index contributed by atoms with van der Waals surface area (Å²) in [6.45, 7) is 6.54. The van der Waals surface area contributed by atoms with Crippen LogP contribution >= 0.6 is 11.3 Å². The normalized spacial score (nSPS) is 15.0. The minimum atomic E-state index is -3.85. The van der Waals surface area contributed by atoms with E-state index in [-0.39, 0.29) is 28.6 Å². The number of amides is 1. The van der Waals surface area contributed by atoms with Gasteiger partial charge in [-0.1, -0.05) is 6.07 Å². The predicted molar refractivity (Wildman–Crippen MR) is 150 cm³/mol. The number of ether oxygens (including phenoxy) is 1. The van der Waals surface area contributed by atoms with Crippen LogP contribution < -0.4 is 10.5 Å². The number of likely N-dealkylation sites (tertiary alicyclic amines) is 1. The van der Waals surface area contributed by atoms with Crippen LogP contribution in [0, 0.1) is 5.92 Å². The van der Waals surface area contributed by atoms with Crippen molar-refractivity contribution in [3.8, 4) is 0 Å². The molecule has 1 saturated heterocycles. The van der Waals surface area contributed by atoms with Crippen molar-refractivity contribution in [2.24, 2.45) is 11.1 Å². The molecule has 0 saturated carbocycles. The maximum Gasteiger partial charge on any atom is 0.309 e. The van der Waals surface area contributed by atoms with Crippen molar-refractivity contribution in [2.75, 3.05) is 18.4 Å². The fourth-order valence-electron chi connectivity index (χ4n) is 4.51. The van der Waals surface area contributed by atoms with Crippen LogP contribution in [0.4, 0.5) is 11.6 Å². The van der Waals surface area contributed by atoms with E-state index in [2.05, 4.69) is 15.3 Å². The zero-order valence-electron chi connectivity index (χ0n) is 21.8. The fourth-order valence-corrected chi connectivity index (χ4v) is 6.10. The molecular weight excluding hydrogens is 538 g/mol. The number of nitrogens with one attached hydrogen (secondary N) is 1. The fraction of sp³-hybridized carbons (Fsp3) is 0.333. The Morgan fingerprint density at radius 1 is 1.13 bits per heavy atom. The summed E-state index contributed by atoms with van der Waals surface area (Å²) < 4.78 is 29.8. The maximum atomic E-state index is 13.3. The number of anilines is 2. The highest BCUT2D eigenvalue weighted by Crippen LogP contribution is 2.33. The molecule has 10 nitrogen and oxygen atoms in total. The lowest BCUT2D eigenvalue weighted by atomic mass is 9.96. The number of hydrogen-bond donors (Lipinski definition) is 2. The number of hydrogen-bond acceptors (Lipinski definition) is 9. The number of carbonyl (C=O) groups excluding carboxylic acids is 2. The van der Waals surface area contributed by atoms with E-state index in [1.807, 2.05) is 39.0 Å². The largest absolute Gasteiger partial charge is 0.460 e. The number of sulfonamides is 1. The number of carbonyl (C=O) groups is 2. The molecule has 39 heavy (non-hydrogen) atoms. The van der Waals surface area contributed by atoms with Gasteiger partial charge in [-0.15, -0.1) is 11.3 Å². The smallest absolute Gasteiger partial charge is 0.309 e. The lowest BCUT2D eigenvalue weighted by Crippen LogP contribution is -2.41. The summed E-state index contributed by atoms with van der Waals surface area (Å²) in [5, 5.41) is 9.90. The second-order valence-corrected chi connectivity index (χ2v) is 13.2. The number of nitrogens with two attached hydrogens (primary N) is 1. The van der Waals surface area contributed by atoms with Gasteiger partial charge >= 0.3 is 5.97 Å². The van der Waals surface area contributed by atoms with E-state index in [9.17, 15) is 18.0 Å². The summed E-state index contributed by atoms with van der Waals surface area (Å²) in [7, 11) is -3.85. The van der Waals surface area contributed by atoms with Crippen LogP contribution in [0.25, 0.3) is 21.0 Å². The Morgan fingerprint density at radius 2 is 1.87 bits per heavy atom. The van der Waals surface area contributed by atoms with Crippen LogP contribution in [0.5, 0.6) is 0 Å². The molecule has 12 heteroatoms. The molecule has 4 aromatic rings. The molecule has 0 atom stereocenters. The van der Waals surface area contributed by atoms with Gasteiger partial charge in [0.25, 0.3) is 5.91 Å². The highest BCUT2D eigenvalue weighted by molar-refractivity contribution is 7.89. The Kier molecular flexibility index (Phi) is 7.04. The van der Waals surface area contributed by atoms with Crippen LogP contribution in [-0.2, 0) is 19.6 Å². The molecule has 1 aliphatic heterocycles. The summed E-state index contributed by atoms with van der Waals surface area (Å²) in [6.07, 6.45) is 2.82. The van der Waals surface area contributed by atoms with Crippen molar-refractivity contribution in [1.29, 1.82) is 0 Å². The molecule has 0 aliphatic carbocycles. The Morgan fingerprint density at radius 3 is 2.56 bits per heavy atom. The van der Waals surface area contributed by atoms with Crippen LogP contribution in [0.1, 0.15) is 43.3 Å². The maximum absolute atomic E-state index is 13.3. The lowest BCUT2D eigenvalue weighted by Gasteiger charge is -2.32. The number of esters is 1. The van der Waals surface area contributed by atoms with Gasteiger partial charge in [-0.2, -0.15) is 0 Å². The molecule has 0 radical (unpaired) electrons.